The molecule has 2 N–H and O–H groups in total. The van der Waals surface area contributed by atoms with Crippen molar-refractivity contribution in [3.63, 3.8) is 0 Å². The molecule has 1 aliphatic heterocycles. The molecule has 0 aromatic carbocycles. The van der Waals surface area contributed by atoms with Crippen molar-refractivity contribution < 1.29 is 14.7 Å². The number of hydrogen-bond donors (Lipinski definition) is 2. The van der Waals surface area contributed by atoms with Crippen molar-refractivity contribution in [3.05, 3.63) is 0 Å². The topological polar surface area (TPSA) is 69.6 Å². The van der Waals surface area contributed by atoms with E-state index >= 15 is 0 Å². The number of nitrogens with one attached hydrogen (secondary N) is 1. The number of carboxylic acid groups (broad SMARTS) is 1. The number of urea groups is 1. The highest BCUT2D eigenvalue weighted by Gasteiger charge is 2.32. The monoisotopic (exact) mass is 266 g/mol. The Hall–Kier alpha value is -1.70. The molecular weight excluding hydrogens is 244 g/mol. The summed E-state index contributed by atoms with van der Waals surface area (Å²) in [5, 5.41) is 11.9. The number of nitrogens with zero attached hydrogens (tertiary/aromatic N) is 1. The van der Waals surface area contributed by atoms with Gasteiger partial charge in [0.15, 0.2) is 0 Å². The van der Waals surface area contributed by atoms with Gasteiger partial charge in [0, 0.05) is 13.1 Å². The van der Waals surface area contributed by atoms with E-state index in [2.05, 4.69) is 11.2 Å². The first-order valence-electron chi connectivity index (χ1n) is 6.59. The molecule has 0 aliphatic carbocycles. The molecule has 1 aliphatic rings. The number of rotatable bonds is 3. The van der Waals surface area contributed by atoms with E-state index in [9.17, 15) is 9.59 Å². The standard InChI is InChI=1S/C14H22N2O3/c1-5-12(9(2)3)15-14(19)16-7-10(4)6-11(8-16)13(17)18/h1,9-12H,6-8H2,2-4H3,(H,15,19)(H,17,18). The second-order valence-corrected chi connectivity index (χ2v) is 5.62. The molecule has 0 spiro atoms. The van der Waals surface area contributed by atoms with Gasteiger partial charge in [-0.15, -0.1) is 6.42 Å². The minimum absolute atomic E-state index is 0.145. The highest BCUT2D eigenvalue weighted by atomic mass is 16.4. The Bertz CT molecular complexity index is 387. The number of carbonyl (C=O) groups excluding carboxylic acids is 1. The molecule has 1 saturated heterocycles. The molecule has 3 atom stereocenters. The summed E-state index contributed by atoms with van der Waals surface area (Å²) in [7, 11) is 0. The highest BCUT2D eigenvalue weighted by molar-refractivity contribution is 5.77. The van der Waals surface area contributed by atoms with E-state index in [1.54, 1.807) is 4.90 Å². The number of carboxylic acids is 1. The zero-order valence-electron chi connectivity index (χ0n) is 11.7. The van der Waals surface area contributed by atoms with Gasteiger partial charge < -0.3 is 15.3 Å². The molecule has 1 rings (SSSR count). The Kier molecular flexibility index (Phi) is 5.22. The fraction of sp³-hybridized carbons (Fsp3) is 0.714. The summed E-state index contributed by atoms with van der Waals surface area (Å²) in [6.07, 6.45) is 5.99. The molecule has 1 heterocycles. The highest BCUT2D eigenvalue weighted by Crippen LogP contribution is 2.21. The predicted molar refractivity (Wildman–Crippen MR) is 72.5 cm³/mol. The normalized spacial score (nSPS) is 24.7. The minimum Gasteiger partial charge on any atom is -0.481 e. The van der Waals surface area contributed by atoms with E-state index < -0.39 is 11.9 Å². The lowest BCUT2D eigenvalue weighted by Gasteiger charge is -2.35. The second kappa shape index (κ2) is 6.46. The smallest absolute Gasteiger partial charge is 0.318 e. The summed E-state index contributed by atoms with van der Waals surface area (Å²) in [6, 6.07) is -0.595. The van der Waals surface area contributed by atoms with E-state index in [4.69, 9.17) is 11.5 Å². The van der Waals surface area contributed by atoms with Gasteiger partial charge in [0.2, 0.25) is 0 Å². The molecule has 106 valence electrons. The van der Waals surface area contributed by atoms with Gasteiger partial charge in [-0.2, -0.15) is 0 Å². The molecule has 3 unspecified atom stereocenters. The lowest BCUT2D eigenvalue weighted by molar-refractivity contribution is -0.143. The Morgan fingerprint density at radius 3 is 2.53 bits per heavy atom. The molecule has 0 aromatic rings. The number of hydrogen-bond acceptors (Lipinski definition) is 2. The van der Waals surface area contributed by atoms with Crippen LogP contribution < -0.4 is 5.32 Å². The molecule has 5 heteroatoms. The molecule has 0 radical (unpaired) electrons. The van der Waals surface area contributed by atoms with Crippen LogP contribution in [-0.4, -0.2) is 41.1 Å². The van der Waals surface area contributed by atoms with Gasteiger partial charge in [-0.1, -0.05) is 26.7 Å². The van der Waals surface area contributed by atoms with Gasteiger partial charge in [-0.25, -0.2) is 4.79 Å². The Morgan fingerprint density at radius 2 is 2.05 bits per heavy atom. The fourth-order valence-electron chi connectivity index (χ4n) is 2.32. The third kappa shape index (κ3) is 4.16. The summed E-state index contributed by atoms with van der Waals surface area (Å²) >= 11 is 0. The molecule has 0 bridgehead atoms. The van der Waals surface area contributed by atoms with Gasteiger partial charge in [0.25, 0.3) is 0 Å². The van der Waals surface area contributed by atoms with Crippen LogP contribution in [0.15, 0.2) is 0 Å². The summed E-state index contributed by atoms with van der Waals surface area (Å²) in [6.45, 7) is 6.65. The molecule has 19 heavy (non-hydrogen) atoms. The van der Waals surface area contributed by atoms with Crippen LogP contribution in [0.2, 0.25) is 0 Å². The summed E-state index contributed by atoms with van der Waals surface area (Å²) < 4.78 is 0. The maximum Gasteiger partial charge on any atom is 0.318 e. The summed E-state index contributed by atoms with van der Waals surface area (Å²) in [4.78, 5) is 24.7. The summed E-state index contributed by atoms with van der Waals surface area (Å²) in [5.74, 6) is 1.54. The predicted octanol–water partition coefficient (Wildman–Crippen LogP) is 1.40. The van der Waals surface area contributed by atoms with E-state index in [-0.39, 0.29) is 30.5 Å². The first-order valence-corrected chi connectivity index (χ1v) is 6.59. The molecule has 0 aromatic heterocycles. The van der Waals surface area contributed by atoms with Gasteiger partial charge in [0.05, 0.1) is 12.0 Å². The van der Waals surface area contributed by atoms with Crippen LogP contribution in [0.25, 0.3) is 0 Å². The van der Waals surface area contributed by atoms with Crippen molar-refractivity contribution in [1.82, 2.24) is 10.2 Å². The van der Waals surface area contributed by atoms with Crippen molar-refractivity contribution >= 4 is 12.0 Å². The van der Waals surface area contributed by atoms with Crippen LogP contribution in [0.5, 0.6) is 0 Å². The number of likely N-dealkylation sites (tertiary alicyclic amines) is 1. The van der Waals surface area contributed by atoms with E-state index in [1.165, 1.54) is 0 Å². The fourth-order valence-corrected chi connectivity index (χ4v) is 2.32. The first-order chi connectivity index (χ1) is 8.85. The third-order valence-corrected chi connectivity index (χ3v) is 3.42. The third-order valence-electron chi connectivity index (χ3n) is 3.42. The van der Waals surface area contributed by atoms with Crippen molar-refractivity contribution in [2.75, 3.05) is 13.1 Å². The maximum atomic E-state index is 12.1. The van der Waals surface area contributed by atoms with Crippen molar-refractivity contribution in [1.29, 1.82) is 0 Å². The zero-order chi connectivity index (χ0) is 14.6. The lowest BCUT2D eigenvalue weighted by Crippen LogP contribution is -2.52. The Labute approximate surface area is 114 Å². The van der Waals surface area contributed by atoms with Crippen LogP contribution in [0.3, 0.4) is 0 Å². The van der Waals surface area contributed by atoms with Crippen molar-refractivity contribution in [2.24, 2.45) is 17.8 Å². The number of aliphatic carboxylic acids is 1. The zero-order valence-corrected chi connectivity index (χ0v) is 11.7. The van der Waals surface area contributed by atoms with Gasteiger partial charge in [-0.3, -0.25) is 4.79 Å². The largest absolute Gasteiger partial charge is 0.481 e. The van der Waals surface area contributed by atoms with Crippen molar-refractivity contribution in [2.45, 2.75) is 33.2 Å². The quantitative estimate of drug-likeness (QED) is 0.759. The molecule has 0 saturated carbocycles. The molecule has 2 amide bonds. The molecular formula is C14H22N2O3. The maximum absolute atomic E-state index is 12.1. The average Bonchev–Trinajstić information content (AvgIpc) is 2.34. The molecule has 5 nitrogen and oxygen atoms in total. The van der Waals surface area contributed by atoms with Crippen LogP contribution in [-0.2, 0) is 4.79 Å². The van der Waals surface area contributed by atoms with Crippen LogP contribution in [0.4, 0.5) is 4.79 Å². The Morgan fingerprint density at radius 1 is 1.42 bits per heavy atom. The van der Waals surface area contributed by atoms with E-state index in [0.717, 1.165) is 0 Å². The van der Waals surface area contributed by atoms with Gasteiger partial charge >= 0.3 is 12.0 Å². The SMILES string of the molecule is C#CC(NC(=O)N1CC(C)CC(C(=O)O)C1)C(C)C. The lowest BCUT2D eigenvalue weighted by atomic mass is 9.91. The summed E-state index contributed by atoms with van der Waals surface area (Å²) in [5.41, 5.74) is 0. The Balaban J connectivity index is 2.66. The van der Waals surface area contributed by atoms with Crippen molar-refractivity contribution in [3.8, 4) is 12.3 Å². The van der Waals surface area contributed by atoms with Crippen LogP contribution >= 0.6 is 0 Å². The number of piperidine rings is 1. The first kappa shape index (κ1) is 15.4. The number of carbonyl (C=O) groups is 2. The van der Waals surface area contributed by atoms with Crippen LogP contribution in [0.1, 0.15) is 27.2 Å². The van der Waals surface area contributed by atoms with Gasteiger partial charge in [-0.05, 0) is 18.3 Å². The number of amides is 2. The average molecular weight is 266 g/mol. The van der Waals surface area contributed by atoms with E-state index in [0.29, 0.717) is 13.0 Å². The second-order valence-electron chi connectivity index (χ2n) is 5.62. The van der Waals surface area contributed by atoms with Crippen LogP contribution in [0, 0.1) is 30.1 Å². The van der Waals surface area contributed by atoms with Gasteiger partial charge in [0.1, 0.15) is 0 Å². The number of terminal acetylenes is 1. The molecule has 1 fully saturated rings. The minimum atomic E-state index is -0.846. The van der Waals surface area contributed by atoms with E-state index in [1.807, 2.05) is 20.8 Å².